The van der Waals surface area contributed by atoms with Gasteiger partial charge in [-0.1, -0.05) is 73.5 Å². The summed E-state index contributed by atoms with van der Waals surface area (Å²) >= 11 is 6.41. The van der Waals surface area contributed by atoms with E-state index in [1.807, 2.05) is 65.8 Å². The van der Waals surface area contributed by atoms with Crippen molar-refractivity contribution in [1.29, 1.82) is 0 Å². The lowest BCUT2D eigenvalue weighted by Gasteiger charge is -2.34. The minimum atomic E-state index is -4.16. The van der Waals surface area contributed by atoms with Crippen LogP contribution in [0, 0.1) is 20.8 Å². The molecule has 0 heterocycles. The van der Waals surface area contributed by atoms with Crippen molar-refractivity contribution in [1.82, 2.24) is 10.2 Å². The van der Waals surface area contributed by atoms with Crippen molar-refractivity contribution < 1.29 is 18.0 Å². The third-order valence-corrected chi connectivity index (χ3v) is 9.52. The largest absolute Gasteiger partial charge is 0.352 e. The van der Waals surface area contributed by atoms with Crippen LogP contribution in [-0.4, -0.2) is 43.8 Å². The number of nitrogens with one attached hydrogen (secondary N) is 1. The lowest BCUT2D eigenvalue weighted by Crippen LogP contribution is -2.53. The summed E-state index contributed by atoms with van der Waals surface area (Å²) in [6.45, 7) is 11.0. The van der Waals surface area contributed by atoms with Gasteiger partial charge in [0.15, 0.2) is 0 Å². The number of benzene rings is 3. The highest BCUT2D eigenvalue weighted by Crippen LogP contribution is 2.29. The van der Waals surface area contributed by atoms with Gasteiger partial charge in [0.1, 0.15) is 12.6 Å². The first kappa shape index (κ1) is 32.2. The van der Waals surface area contributed by atoms with Crippen molar-refractivity contribution >= 4 is 39.1 Å². The molecule has 41 heavy (non-hydrogen) atoms. The number of anilines is 1. The Kier molecular flexibility index (Phi) is 11.0. The lowest BCUT2D eigenvalue weighted by molar-refractivity contribution is -0.140. The quantitative estimate of drug-likeness (QED) is 0.270. The van der Waals surface area contributed by atoms with Crippen LogP contribution >= 0.6 is 11.6 Å². The molecule has 0 saturated carbocycles. The van der Waals surface area contributed by atoms with Gasteiger partial charge in [0, 0.05) is 17.6 Å². The van der Waals surface area contributed by atoms with Crippen LogP contribution in [0.5, 0.6) is 0 Å². The van der Waals surface area contributed by atoms with Gasteiger partial charge in [0.25, 0.3) is 10.0 Å². The maximum Gasteiger partial charge on any atom is 0.264 e. The number of halogens is 1. The van der Waals surface area contributed by atoms with Gasteiger partial charge in [-0.05, 0) is 81.5 Å². The van der Waals surface area contributed by atoms with Crippen molar-refractivity contribution in [3.8, 4) is 0 Å². The molecule has 0 bridgehead atoms. The summed E-state index contributed by atoms with van der Waals surface area (Å²) in [5.74, 6) is -0.762. The second-order valence-corrected chi connectivity index (χ2v) is 12.7. The molecule has 2 atom stereocenters. The van der Waals surface area contributed by atoms with Crippen molar-refractivity contribution in [2.45, 2.75) is 77.9 Å². The Morgan fingerprint density at radius 3 is 2.15 bits per heavy atom. The molecule has 3 rings (SSSR count). The van der Waals surface area contributed by atoms with Gasteiger partial charge in [0.05, 0.1) is 10.6 Å². The third-order valence-electron chi connectivity index (χ3n) is 7.32. The molecule has 3 aromatic carbocycles. The minimum absolute atomic E-state index is 0.0552. The molecule has 0 saturated heterocycles. The average molecular weight is 598 g/mol. The molecule has 0 radical (unpaired) electrons. The van der Waals surface area contributed by atoms with Crippen molar-refractivity contribution in [3.63, 3.8) is 0 Å². The molecular formula is C32H40ClN3O4S. The molecule has 0 aromatic heterocycles. The van der Waals surface area contributed by atoms with E-state index in [9.17, 15) is 18.0 Å². The van der Waals surface area contributed by atoms with Gasteiger partial charge in [-0.25, -0.2) is 8.42 Å². The fourth-order valence-corrected chi connectivity index (χ4v) is 6.02. The number of carbonyl (C=O) groups is 2. The predicted octanol–water partition coefficient (Wildman–Crippen LogP) is 6.18. The number of hydrogen-bond donors (Lipinski definition) is 1. The van der Waals surface area contributed by atoms with E-state index in [-0.39, 0.29) is 29.1 Å². The molecule has 0 aliphatic rings. The summed E-state index contributed by atoms with van der Waals surface area (Å²) < 4.78 is 29.1. The Morgan fingerprint density at radius 2 is 1.56 bits per heavy atom. The number of sulfonamides is 1. The van der Waals surface area contributed by atoms with Crippen LogP contribution in [0.4, 0.5) is 5.69 Å². The second kappa shape index (κ2) is 14.0. The van der Waals surface area contributed by atoms with Crippen molar-refractivity contribution in [2.24, 2.45) is 0 Å². The zero-order chi connectivity index (χ0) is 30.3. The summed E-state index contributed by atoms with van der Waals surface area (Å²) in [5, 5.41) is 3.38. The smallest absolute Gasteiger partial charge is 0.264 e. The lowest BCUT2D eigenvalue weighted by atomic mass is 10.1. The molecule has 0 spiro atoms. The van der Waals surface area contributed by atoms with Crippen LogP contribution in [0.25, 0.3) is 0 Å². The SMILES string of the molecule is CC[C@H](C(=O)N[C@@H](C)CC)N(Cc1ccccc1C)C(=O)CN(c1ccc(C)c(Cl)c1)S(=O)(=O)c1ccc(C)cc1. The molecule has 0 aliphatic heterocycles. The summed E-state index contributed by atoms with van der Waals surface area (Å²) in [7, 11) is -4.16. The zero-order valence-electron chi connectivity index (χ0n) is 24.6. The summed E-state index contributed by atoms with van der Waals surface area (Å²) in [4.78, 5) is 29.1. The first-order valence-corrected chi connectivity index (χ1v) is 15.7. The van der Waals surface area contributed by atoms with Crippen LogP contribution < -0.4 is 9.62 Å². The van der Waals surface area contributed by atoms with Gasteiger partial charge < -0.3 is 10.2 Å². The van der Waals surface area contributed by atoms with E-state index in [0.29, 0.717) is 11.4 Å². The minimum Gasteiger partial charge on any atom is -0.352 e. The van der Waals surface area contributed by atoms with Crippen LogP contribution in [-0.2, 0) is 26.2 Å². The molecule has 0 unspecified atom stereocenters. The normalized spacial score (nSPS) is 12.9. The fraction of sp³-hybridized carbons (Fsp3) is 0.375. The predicted molar refractivity (Wildman–Crippen MR) is 166 cm³/mol. The molecule has 9 heteroatoms. The van der Waals surface area contributed by atoms with Crippen molar-refractivity contribution in [3.05, 3.63) is 94.0 Å². The first-order chi connectivity index (χ1) is 19.4. The number of aryl methyl sites for hydroxylation is 3. The van der Waals surface area contributed by atoms with Crippen LogP contribution in [0.15, 0.2) is 71.6 Å². The first-order valence-electron chi connectivity index (χ1n) is 13.9. The molecule has 220 valence electrons. The maximum absolute atomic E-state index is 14.2. The Hall–Kier alpha value is -3.36. The molecule has 0 aliphatic carbocycles. The molecule has 2 amide bonds. The van der Waals surface area contributed by atoms with Gasteiger partial charge in [-0.15, -0.1) is 0 Å². The molecule has 1 N–H and O–H groups in total. The van der Waals surface area contributed by atoms with Gasteiger partial charge in [-0.2, -0.15) is 0 Å². The highest BCUT2D eigenvalue weighted by molar-refractivity contribution is 7.92. The Balaban J connectivity index is 2.10. The van der Waals surface area contributed by atoms with E-state index in [0.717, 1.165) is 33.0 Å². The number of nitrogens with zero attached hydrogens (tertiary/aromatic N) is 2. The van der Waals surface area contributed by atoms with E-state index in [2.05, 4.69) is 5.32 Å². The van der Waals surface area contributed by atoms with E-state index in [1.165, 1.54) is 17.0 Å². The molecule has 3 aromatic rings. The topological polar surface area (TPSA) is 86.8 Å². The van der Waals surface area contributed by atoms with Crippen molar-refractivity contribution in [2.75, 3.05) is 10.8 Å². The average Bonchev–Trinajstić information content (AvgIpc) is 2.94. The molecule has 0 fully saturated rings. The van der Waals surface area contributed by atoms with Gasteiger partial charge in [0.2, 0.25) is 11.8 Å². The van der Waals surface area contributed by atoms with Crippen LogP contribution in [0.3, 0.4) is 0 Å². The van der Waals surface area contributed by atoms with Gasteiger partial charge >= 0.3 is 0 Å². The Bertz CT molecular complexity index is 1470. The highest BCUT2D eigenvalue weighted by Gasteiger charge is 2.34. The summed E-state index contributed by atoms with van der Waals surface area (Å²) in [5.41, 5.74) is 3.80. The number of hydrogen-bond acceptors (Lipinski definition) is 4. The Morgan fingerprint density at radius 1 is 0.902 bits per heavy atom. The standard InChI is InChI=1S/C32H40ClN3O4S/c1-7-25(6)34-32(38)30(8-2)35(20-26-12-10-9-11-23(26)4)31(37)21-36(27-16-15-24(5)29(33)19-27)41(39,40)28-17-13-22(3)14-18-28/h9-19,25,30H,7-8,20-21H2,1-6H3,(H,34,38)/t25-,30+/m0/s1. The summed E-state index contributed by atoms with van der Waals surface area (Å²) in [6, 6.07) is 18.2. The molecule has 7 nitrogen and oxygen atoms in total. The van der Waals surface area contributed by atoms with E-state index >= 15 is 0 Å². The van der Waals surface area contributed by atoms with E-state index < -0.39 is 28.5 Å². The zero-order valence-corrected chi connectivity index (χ0v) is 26.2. The Labute approximate surface area is 249 Å². The van der Waals surface area contributed by atoms with Crippen LogP contribution in [0.2, 0.25) is 5.02 Å². The molecular weight excluding hydrogens is 558 g/mol. The third kappa shape index (κ3) is 7.89. The van der Waals surface area contributed by atoms with E-state index in [1.54, 1.807) is 30.3 Å². The van der Waals surface area contributed by atoms with Gasteiger partial charge in [-0.3, -0.25) is 13.9 Å². The number of carbonyl (C=O) groups excluding carboxylic acids is 2. The summed E-state index contributed by atoms with van der Waals surface area (Å²) in [6.07, 6.45) is 1.10. The van der Waals surface area contributed by atoms with E-state index in [4.69, 9.17) is 11.6 Å². The monoisotopic (exact) mass is 597 g/mol. The second-order valence-electron chi connectivity index (χ2n) is 10.4. The maximum atomic E-state index is 14.2. The highest BCUT2D eigenvalue weighted by atomic mass is 35.5. The van der Waals surface area contributed by atoms with Crippen LogP contribution in [0.1, 0.15) is 55.9 Å². The number of rotatable bonds is 12. The number of amides is 2. The fourth-order valence-electron chi connectivity index (χ4n) is 4.43.